The van der Waals surface area contributed by atoms with Crippen LogP contribution in [0.1, 0.15) is 30.9 Å². The van der Waals surface area contributed by atoms with E-state index in [-0.39, 0.29) is 19.1 Å². The average Bonchev–Trinajstić information content (AvgIpc) is 3.33. The van der Waals surface area contributed by atoms with E-state index in [2.05, 4.69) is 0 Å². The summed E-state index contributed by atoms with van der Waals surface area (Å²) in [7, 11) is 0. The maximum Gasteiger partial charge on any atom is 0.187 e. The zero-order valence-electron chi connectivity index (χ0n) is 25.1. The minimum absolute atomic E-state index is 0.131. The van der Waals surface area contributed by atoms with Crippen LogP contribution in [-0.4, -0.2) is 136 Å². The number of aliphatic hydroxyl groups is 5. The SMILES string of the molecule is NC[C@@H]1O[C@H](O[C@H]2[C@@H](O)[C@H](O[C@@H]3[C@@H](O)[C@H](N)C[C@H](N)[C@H]3C3O[C@H]([C@@H](N)c4ccccc4)CC[C@H]3N)O[C@@H]2CO)[C@H](N)[C@@H](O)[C@@H]1O. The number of rotatable bonds is 9. The molecule has 16 nitrogen and oxygen atoms in total. The van der Waals surface area contributed by atoms with E-state index in [1.165, 1.54) is 0 Å². The second-order valence-electron chi connectivity index (χ2n) is 12.7. The van der Waals surface area contributed by atoms with Gasteiger partial charge >= 0.3 is 0 Å². The maximum absolute atomic E-state index is 11.3. The van der Waals surface area contributed by atoms with Gasteiger partial charge in [0.2, 0.25) is 0 Å². The van der Waals surface area contributed by atoms with Crippen LogP contribution < -0.4 is 34.4 Å². The summed E-state index contributed by atoms with van der Waals surface area (Å²) < 4.78 is 30.2. The lowest BCUT2D eigenvalue weighted by Gasteiger charge is -2.50. The number of hydrogen-bond donors (Lipinski definition) is 11. The number of ether oxygens (including phenoxy) is 5. The Morgan fingerprint density at radius 3 is 2.09 bits per heavy atom. The van der Waals surface area contributed by atoms with Gasteiger partial charge in [-0.3, -0.25) is 0 Å². The fourth-order valence-corrected chi connectivity index (χ4v) is 7.06. The van der Waals surface area contributed by atoms with Gasteiger partial charge < -0.3 is 83.6 Å². The Hall–Kier alpha value is -1.42. The summed E-state index contributed by atoms with van der Waals surface area (Å²) >= 11 is 0. The molecule has 16 heteroatoms. The summed E-state index contributed by atoms with van der Waals surface area (Å²) in [5.41, 5.74) is 38.7. The number of nitrogens with two attached hydrogens (primary N) is 6. The van der Waals surface area contributed by atoms with Gasteiger partial charge in [-0.1, -0.05) is 30.3 Å². The second-order valence-corrected chi connectivity index (χ2v) is 12.7. The summed E-state index contributed by atoms with van der Waals surface area (Å²) in [6.45, 7) is -0.714. The van der Waals surface area contributed by atoms with Crippen LogP contribution in [0.15, 0.2) is 30.3 Å². The number of benzene rings is 1. The lowest BCUT2D eigenvalue weighted by Crippen LogP contribution is -2.66. The lowest BCUT2D eigenvalue weighted by atomic mass is 9.72. The zero-order valence-corrected chi connectivity index (χ0v) is 25.1. The number of aliphatic hydroxyl groups excluding tert-OH is 5. The minimum Gasteiger partial charge on any atom is -0.394 e. The normalized spacial score (nSPS) is 48.3. The molecule has 17 N–H and O–H groups in total. The molecule has 0 radical (unpaired) electrons. The van der Waals surface area contributed by atoms with Crippen molar-refractivity contribution in [2.75, 3.05) is 13.2 Å². The van der Waals surface area contributed by atoms with E-state index in [1.807, 2.05) is 30.3 Å². The van der Waals surface area contributed by atoms with Gasteiger partial charge in [-0.2, -0.15) is 0 Å². The van der Waals surface area contributed by atoms with Crippen molar-refractivity contribution in [1.82, 2.24) is 0 Å². The van der Waals surface area contributed by atoms with Crippen molar-refractivity contribution in [3.63, 3.8) is 0 Å². The van der Waals surface area contributed by atoms with Gasteiger partial charge in [-0.15, -0.1) is 0 Å². The molecular formula is C29H50N6O10. The molecular weight excluding hydrogens is 592 g/mol. The average molecular weight is 643 g/mol. The minimum atomic E-state index is -1.51. The fraction of sp³-hybridized carbons (Fsp3) is 0.793. The summed E-state index contributed by atoms with van der Waals surface area (Å²) in [6.07, 6.45) is -12.2. The molecule has 1 saturated carbocycles. The van der Waals surface area contributed by atoms with Gasteiger partial charge in [0.05, 0.1) is 43.1 Å². The Kier molecular flexibility index (Phi) is 11.5. The Labute approximate surface area is 261 Å². The van der Waals surface area contributed by atoms with Crippen LogP contribution in [0.25, 0.3) is 0 Å². The molecule has 256 valence electrons. The van der Waals surface area contributed by atoms with E-state index in [9.17, 15) is 25.5 Å². The van der Waals surface area contributed by atoms with Crippen molar-refractivity contribution in [3.05, 3.63) is 35.9 Å². The van der Waals surface area contributed by atoms with Crippen LogP contribution >= 0.6 is 0 Å². The first kappa shape index (κ1) is 34.9. The highest BCUT2D eigenvalue weighted by atomic mass is 16.7. The first-order valence-electron chi connectivity index (χ1n) is 15.6. The Morgan fingerprint density at radius 2 is 1.42 bits per heavy atom. The fourth-order valence-electron chi connectivity index (χ4n) is 7.06. The highest BCUT2D eigenvalue weighted by Gasteiger charge is 2.55. The molecule has 0 bridgehead atoms. The van der Waals surface area contributed by atoms with Crippen LogP contribution in [0.2, 0.25) is 0 Å². The summed E-state index contributed by atoms with van der Waals surface area (Å²) in [5.74, 6) is -0.666. The smallest absolute Gasteiger partial charge is 0.187 e. The lowest BCUT2D eigenvalue weighted by molar-refractivity contribution is -0.280. The molecule has 45 heavy (non-hydrogen) atoms. The molecule has 1 aliphatic carbocycles. The predicted octanol–water partition coefficient (Wildman–Crippen LogP) is -4.82. The Morgan fingerprint density at radius 1 is 0.756 bits per heavy atom. The summed E-state index contributed by atoms with van der Waals surface area (Å²) in [6, 6.07) is 6.14. The van der Waals surface area contributed by atoms with Crippen molar-refractivity contribution < 1.29 is 49.2 Å². The molecule has 3 saturated heterocycles. The molecule has 3 heterocycles. The van der Waals surface area contributed by atoms with E-state index >= 15 is 0 Å². The molecule has 4 aliphatic rings. The predicted molar refractivity (Wildman–Crippen MR) is 159 cm³/mol. The van der Waals surface area contributed by atoms with Crippen molar-refractivity contribution in [3.8, 4) is 0 Å². The zero-order chi connectivity index (χ0) is 32.6. The van der Waals surface area contributed by atoms with Crippen LogP contribution in [0.3, 0.4) is 0 Å². The molecule has 1 aromatic carbocycles. The molecule has 1 aromatic rings. The molecule has 0 spiro atoms. The molecule has 5 rings (SSSR count). The Balaban J connectivity index is 1.33. The highest BCUT2D eigenvalue weighted by Crippen LogP contribution is 2.39. The van der Waals surface area contributed by atoms with Gasteiger partial charge in [0.25, 0.3) is 0 Å². The van der Waals surface area contributed by atoms with Gasteiger partial charge in [0, 0.05) is 30.6 Å². The first-order valence-corrected chi connectivity index (χ1v) is 15.6. The first-order chi connectivity index (χ1) is 21.5. The van der Waals surface area contributed by atoms with Crippen LogP contribution in [-0.2, 0) is 23.7 Å². The van der Waals surface area contributed by atoms with Crippen LogP contribution in [0.4, 0.5) is 0 Å². The van der Waals surface area contributed by atoms with Gasteiger partial charge in [0.15, 0.2) is 12.6 Å². The van der Waals surface area contributed by atoms with Gasteiger partial charge in [-0.05, 0) is 24.8 Å². The van der Waals surface area contributed by atoms with E-state index in [0.29, 0.717) is 12.8 Å². The highest BCUT2D eigenvalue weighted by molar-refractivity contribution is 5.20. The topological polar surface area (TPSA) is 303 Å². The molecule has 18 atom stereocenters. The number of hydrogen-bond acceptors (Lipinski definition) is 16. The van der Waals surface area contributed by atoms with Crippen molar-refractivity contribution in [1.29, 1.82) is 0 Å². The van der Waals surface area contributed by atoms with E-state index in [1.54, 1.807) is 0 Å². The van der Waals surface area contributed by atoms with E-state index < -0.39 is 110 Å². The largest absolute Gasteiger partial charge is 0.394 e. The van der Waals surface area contributed by atoms with Crippen molar-refractivity contribution in [2.24, 2.45) is 40.3 Å². The van der Waals surface area contributed by atoms with Crippen LogP contribution in [0, 0.1) is 5.92 Å². The van der Waals surface area contributed by atoms with Gasteiger partial charge in [-0.25, -0.2) is 0 Å². The maximum atomic E-state index is 11.3. The molecule has 4 fully saturated rings. The molecule has 0 amide bonds. The van der Waals surface area contributed by atoms with Crippen LogP contribution in [0.5, 0.6) is 0 Å². The summed E-state index contributed by atoms with van der Waals surface area (Å²) in [5, 5.41) is 53.3. The van der Waals surface area contributed by atoms with Crippen molar-refractivity contribution >= 4 is 0 Å². The Bertz CT molecular complexity index is 1080. The van der Waals surface area contributed by atoms with E-state index in [0.717, 1.165) is 5.56 Å². The third-order valence-electron chi connectivity index (χ3n) is 9.73. The second kappa shape index (κ2) is 14.8. The van der Waals surface area contributed by atoms with Crippen molar-refractivity contribution in [2.45, 2.75) is 123 Å². The third kappa shape index (κ3) is 7.07. The molecule has 0 aromatic heterocycles. The standard InChI is InChI=1S/C29H50N6O10/c30-9-16-22(38)23(39)20(35)28(42-16)44-26-17(10-36)43-29(24(26)40)45-27-18(13(32)8-14(33)21(27)37)25-12(31)6-7-15(41-25)19(34)11-4-2-1-3-5-11/h1-5,12-29,36-40H,6-10,30-35H2/t12-,13+,14-,15+,16+,17-,18+,19+,20-,21+,22-,23-,24-,25?,26-,27+,28-,29+/m1/s1. The third-order valence-corrected chi connectivity index (χ3v) is 9.73. The molecule has 1 unspecified atom stereocenters. The summed E-state index contributed by atoms with van der Waals surface area (Å²) in [4.78, 5) is 0. The van der Waals surface area contributed by atoms with E-state index in [4.69, 9.17) is 58.1 Å². The monoisotopic (exact) mass is 642 g/mol. The van der Waals surface area contributed by atoms with Gasteiger partial charge in [0.1, 0.15) is 36.6 Å². The molecule has 3 aliphatic heterocycles. The quantitative estimate of drug-likeness (QED) is 0.120.